The van der Waals surface area contributed by atoms with Crippen LogP contribution < -0.4 is 5.32 Å². The normalized spacial score (nSPS) is 16.9. The molecular formula is C20H30N4O3S. The van der Waals surface area contributed by atoms with E-state index in [1.165, 1.54) is 12.0 Å². The van der Waals surface area contributed by atoms with Crippen molar-refractivity contribution >= 4 is 33.3 Å². The number of nitrogens with zero attached hydrogens (tertiary/aromatic N) is 3. The average molecular weight is 407 g/mol. The number of nitrogens with one attached hydrogen (secondary N) is 1. The Bertz CT molecular complexity index is 853. The van der Waals surface area contributed by atoms with Crippen molar-refractivity contribution in [2.24, 2.45) is 5.41 Å². The van der Waals surface area contributed by atoms with Gasteiger partial charge in [-0.25, -0.2) is 14.8 Å². The molecule has 0 bridgehead atoms. The number of hydrogen-bond donors (Lipinski definition) is 1. The lowest BCUT2D eigenvalue weighted by atomic mass is 9.86. The minimum Gasteiger partial charge on any atom is -0.467 e. The minimum absolute atomic E-state index is 0.293. The fraction of sp³-hybridized carbons (Fsp3) is 0.650. The second-order valence-corrected chi connectivity index (χ2v) is 9.51. The predicted octanol–water partition coefficient (Wildman–Crippen LogP) is 3.14. The molecule has 2 aromatic rings. The van der Waals surface area contributed by atoms with Gasteiger partial charge in [-0.2, -0.15) is 0 Å². The third-order valence-corrected chi connectivity index (χ3v) is 6.23. The van der Waals surface area contributed by atoms with E-state index in [1.807, 2.05) is 20.8 Å². The van der Waals surface area contributed by atoms with Gasteiger partial charge < -0.3 is 14.8 Å². The number of aryl methyl sites for hydroxylation is 2. The number of esters is 1. The molecule has 1 N–H and O–H groups in total. The fourth-order valence-corrected chi connectivity index (χ4v) is 4.36. The van der Waals surface area contributed by atoms with Gasteiger partial charge in [-0.05, 0) is 24.8 Å². The highest BCUT2D eigenvalue weighted by Gasteiger charge is 2.33. The average Bonchev–Trinajstić information content (AvgIpc) is 2.93. The third-order valence-electron chi connectivity index (χ3n) is 5.13. The highest BCUT2D eigenvalue weighted by atomic mass is 32.1. The number of carbonyl (C=O) groups is 1. The second kappa shape index (κ2) is 8.31. The molecule has 1 saturated heterocycles. The highest BCUT2D eigenvalue weighted by Crippen LogP contribution is 2.35. The first-order chi connectivity index (χ1) is 13.2. The summed E-state index contributed by atoms with van der Waals surface area (Å²) in [6.07, 6.45) is 0. The van der Waals surface area contributed by atoms with Crippen LogP contribution in [0.25, 0.3) is 10.2 Å². The smallest absolute Gasteiger partial charge is 0.328 e. The number of methoxy groups -OCH3 is 1. The van der Waals surface area contributed by atoms with Crippen LogP contribution in [0.4, 0.5) is 5.82 Å². The summed E-state index contributed by atoms with van der Waals surface area (Å²) in [4.78, 5) is 26.5. The van der Waals surface area contributed by atoms with E-state index in [4.69, 9.17) is 19.4 Å². The molecule has 0 aliphatic carbocycles. The molecule has 28 heavy (non-hydrogen) atoms. The Labute approximate surface area is 170 Å². The molecule has 0 spiro atoms. The fourth-order valence-electron chi connectivity index (χ4n) is 3.31. The summed E-state index contributed by atoms with van der Waals surface area (Å²) in [6, 6.07) is -0.508. The van der Waals surface area contributed by atoms with Crippen molar-refractivity contribution in [2.45, 2.75) is 47.2 Å². The lowest BCUT2D eigenvalue weighted by Crippen LogP contribution is -2.42. The summed E-state index contributed by atoms with van der Waals surface area (Å²) in [7, 11) is 1.42. The molecule has 1 aliphatic rings. The van der Waals surface area contributed by atoms with Gasteiger partial charge in [-0.1, -0.05) is 20.8 Å². The van der Waals surface area contributed by atoms with E-state index in [2.05, 4.69) is 24.1 Å². The standard InChI is InChI=1S/C20H30N4O3S/c1-12-13(2)28-18-15(12)17(23-16(19(25)26-6)20(3,4)5)21-14(22-18)11-24-7-9-27-10-8-24/h16H,7-11H2,1-6H3,(H,21,22,23)/t16-/m0/s1. The van der Waals surface area contributed by atoms with Gasteiger partial charge in [0.15, 0.2) is 0 Å². The zero-order valence-electron chi connectivity index (χ0n) is 17.6. The monoisotopic (exact) mass is 406 g/mol. The van der Waals surface area contributed by atoms with Crippen LogP contribution in [0.1, 0.15) is 37.0 Å². The molecule has 3 rings (SSSR count). The van der Waals surface area contributed by atoms with Crippen LogP contribution >= 0.6 is 11.3 Å². The minimum atomic E-state index is -0.508. The van der Waals surface area contributed by atoms with Gasteiger partial charge in [0.1, 0.15) is 22.5 Å². The second-order valence-electron chi connectivity index (χ2n) is 8.31. The SMILES string of the molecule is COC(=O)[C@H](Nc1nc(CN2CCOCC2)nc2sc(C)c(C)c12)C(C)(C)C. The van der Waals surface area contributed by atoms with Crippen molar-refractivity contribution in [3.8, 4) is 0 Å². The van der Waals surface area contributed by atoms with E-state index in [0.29, 0.717) is 12.4 Å². The Morgan fingerprint density at radius 1 is 1.29 bits per heavy atom. The number of hydrogen-bond acceptors (Lipinski definition) is 8. The maximum absolute atomic E-state index is 12.4. The van der Waals surface area contributed by atoms with Crippen LogP contribution in [0.3, 0.4) is 0 Å². The van der Waals surface area contributed by atoms with E-state index in [1.54, 1.807) is 11.3 Å². The predicted molar refractivity (Wildman–Crippen MR) is 112 cm³/mol. The highest BCUT2D eigenvalue weighted by molar-refractivity contribution is 7.18. The zero-order valence-corrected chi connectivity index (χ0v) is 18.4. The third kappa shape index (κ3) is 4.45. The van der Waals surface area contributed by atoms with Gasteiger partial charge in [-0.3, -0.25) is 4.90 Å². The summed E-state index contributed by atoms with van der Waals surface area (Å²) in [5, 5.41) is 4.37. The van der Waals surface area contributed by atoms with Crippen molar-refractivity contribution in [3.63, 3.8) is 0 Å². The lowest BCUT2D eigenvalue weighted by Gasteiger charge is -2.30. The van der Waals surface area contributed by atoms with Crippen LogP contribution in [0.2, 0.25) is 0 Å². The zero-order chi connectivity index (χ0) is 20.5. The van der Waals surface area contributed by atoms with Gasteiger partial charge in [0, 0.05) is 18.0 Å². The van der Waals surface area contributed by atoms with E-state index < -0.39 is 6.04 Å². The van der Waals surface area contributed by atoms with Crippen LogP contribution in [-0.2, 0) is 20.8 Å². The quantitative estimate of drug-likeness (QED) is 0.765. The van der Waals surface area contributed by atoms with Crippen LogP contribution in [0.15, 0.2) is 0 Å². The molecule has 1 fully saturated rings. The molecule has 0 amide bonds. The Kier molecular flexibility index (Phi) is 6.21. The number of aromatic nitrogens is 2. The summed E-state index contributed by atoms with van der Waals surface area (Å²) in [6.45, 7) is 14.1. The van der Waals surface area contributed by atoms with Gasteiger partial charge in [0.25, 0.3) is 0 Å². The molecule has 2 aromatic heterocycles. The molecule has 1 atom stereocenters. The van der Waals surface area contributed by atoms with E-state index in [9.17, 15) is 4.79 Å². The van der Waals surface area contributed by atoms with Gasteiger partial charge in [0.05, 0.1) is 32.3 Å². The molecule has 0 aromatic carbocycles. The van der Waals surface area contributed by atoms with Crippen LogP contribution in [0.5, 0.6) is 0 Å². The van der Waals surface area contributed by atoms with Gasteiger partial charge >= 0.3 is 5.97 Å². The summed E-state index contributed by atoms with van der Waals surface area (Å²) in [5.74, 6) is 1.18. The number of carbonyl (C=O) groups excluding carboxylic acids is 1. The Morgan fingerprint density at radius 3 is 2.57 bits per heavy atom. The topological polar surface area (TPSA) is 76.6 Å². The first kappa shape index (κ1) is 21.0. The first-order valence-corrected chi connectivity index (χ1v) is 10.4. The molecule has 0 unspecified atom stereocenters. The van der Waals surface area contributed by atoms with Crippen molar-refractivity contribution < 1.29 is 14.3 Å². The number of ether oxygens (including phenoxy) is 2. The van der Waals surface area contributed by atoms with Gasteiger partial charge in [-0.15, -0.1) is 11.3 Å². The Hall–Kier alpha value is -1.77. The molecule has 1 aliphatic heterocycles. The van der Waals surface area contributed by atoms with Crippen molar-refractivity contribution in [3.05, 3.63) is 16.3 Å². The Balaban J connectivity index is 2.01. The maximum atomic E-state index is 12.4. The van der Waals surface area contributed by atoms with Crippen molar-refractivity contribution in [2.75, 3.05) is 38.7 Å². The number of morpholine rings is 1. The lowest BCUT2D eigenvalue weighted by molar-refractivity contribution is -0.143. The summed E-state index contributed by atoms with van der Waals surface area (Å²) < 4.78 is 10.5. The number of fused-ring (bicyclic) bond motifs is 1. The summed E-state index contributed by atoms with van der Waals surface area (Å²) in [5.41, 5.74) is 0.825. The van der Waals surface area contributed by atoms with Crippen LogP contribution in [-0.4, -0.2) is 60.3 Å². The van der Waals surface area contributed by atoms with E-state index in [0.717, 1.165) is 47.9 Å². The van der Waals surface area contributed by atoms with E-state index in [-0.39, 0.29) is 11.4 Å². The largest absolute Gasteiger partial charge is 0.467 e. The molecule has 0 radical (unpaired) electrons. The van der Waals surface area contributed by atoms with Gasteiger partial charge in [0.2, 0.25) is 0 Å². The first-order valence-electron chi connectivity index (χ1n) is 9.61. The van der Waals surface area contributed by atoms with Crippen molar-refractivity contribution in [1.82, 2.24) is 14.9 Å². The molecule has 154 valence electrons. The molecule has 8 heteroatoms. The summed E-state index contributed by atoms with van der Waals surface area (Å²) >= 11 is 1.67. The molecule has 7 nitrogen and oxygen atoms in total. The van der Waals surface area contributed by atoms with E-state index >= 15 is 0 Å². The van der Waals surface area contributed by atoms with Crippen LogP contribution in [0, 0.1) is 19.3 Å². The maximum Gasteiger partial charge on any atom is 0.328 e. The number of rotatable bonds is 5. The van der Waals surface area contributed by atoms with Crippen molar-refractivity contribution in [1.29, 1.82) is 0 Å². The number of anilines is 1. The Morgan fingerprint density at radius 2 is 1.96 bits per heavy atom. The molecule has 0 saturated carbocycles. The molecule has 3 heterocycles. The number of thiophene rings is 1. The molecular weight excluding hydrogens is 376 g/mol.